The summed E-state index contributed by atoms with van der Waals surface area (Å²) >= 11 is 0. The molecule has 0 radical (unpaired) electrons. The van der Waals surface area contributed by atoms with E-state index in [-0.39, 0.29) is 0 Å². The number of rotatable bonds is 1. The molecule has 1 aliphatic rings. The molecule has 11 heavy (non-hydrogen) atoms. The third-order valence-corrected chi connectivity index (χ3v) is 1.74. The van der Waals surface area contributed by atoms with Gasteiger partial charge in [0.1, 0.15) is 0 Å². The van der Waals surface area contributed by atoms with Gasteiger partial charge in [0.25, 0.3) is 0 Å². The van der Waals surface area contributed by atoms with Gasteiger partial charge in [-0.25, -0.2) is 0 Å². The van der Waals surface area contributed by atoms with Crippen LogP contribution in [0.2, 0.25) is 0 Å². The molecule has 0 bridgehead atoms. The Balaban J connectivity index is 2.29. The molecule has 0 atom stereocenters. The fourth-order valence-electron chi connectivity index (χ4n) is 1.16. The normalized spacial score (nSPS) is 15.8. The summed E-state index contributed by atoms with van der Waals surface area (Å²) in [5.41, 5.74) is 1.20. The fourth-order valence-corrected chi connectivity index (χ4v) is 1.16. The van der Waals surface area contributed by atoms with E-state index in [1.54, 1.807) is 6.40 Å². The second-order valence-electron chi connectivity index (χ2n) is 2.51. The first-order valence-corrected chi connectivity index (χ1v) is 3.73. The highest BCUT2D eigenvalue weighted by molar-refractivity contribution is 5.45. The van der Waals surface area contributed by atoms with Crippen molar-refractivity contribution in [2.75, 3.05) is 13.2 Å². The summed E-state index contributed by atoms with van der Waals surface area (Å²) in [7, 11) is 0. The topological polar surface area (TPSA) is 12.2 Å². The van der Waals surface area contributed by atoms with Gasteiger partial charge >= 0.3 is 6.40 Å². The second kappa shape index (κ2) is 2.74. The van der Waals surface area contributed by atoms with Crippen LogP contribution < -0.4 is 0 Å². The molecule has 2 heteroatoms. The molecule has 0 aromatic heterocycles. The van der Waals surface area contributed by atoms with Crippen LogP contribution in [0.5, 0.6) is 0 Å². The number of nitrogens with zero attached hydrogens (tertiary/aromatic N) is 1. The minimum Gasteiger partial charge on any atom is -0.443 e. The Bertz CT molecular complexity index is 266. The average Bonchev–Trinajstić information content (AvgIpc) is 2.58. The van der Waals surface area contributed by atoms with Crippen molar-refractivity contribution in [1.82, 2.24) is 0 Å². The van der Waals surface area contributed by atoms with Gasteiger partial charge in [0.15, 0.2) is 13.2 Å². The van der Waals surface area contributed by atoms with Crippen LogP contribution in [0.1, 0.15) is 0 Å². The van der Waals surface area contributed by atoms with E-state index in [4.69, 9.17) is 4.74 Å². The minimum absolute atomic E-state index is 0.800. The van der Waals surface area contributed by atoms with Crippen LogP contribution in [-0.4, -0.2) is 24.1 Å². The zero-order chi connectivity index (χ0) is 7.52. The van der Waals surface area contributed by atoms with Crippen LogP contribution in [0.15, 0.2) is 30.3 Å². The van der Waals surface area contributed by atoms with Crippen LogP contribution in [0.25, 0.3) is 0 Å². The first-order chi connectivity index (χ1) is 5.47. The molecule has 1 aromatic carbocycles. The Hall–Kier alpha value is -1.31. The lowest BCUT2D eigenvalue weighted by Crippen LogP contribution is -2.01. The smallest absolute Gasteiger partial charge is 0.330 e. The Labute approximate surface area is 65.7 Å². The standard InChI is InChI=1S/C9H10NO/c1-2-4-9(5-3-1)10-6-7-11-8-10/h1-5,8H,6-7H2/q+1. The Morgan fingerprint density at radius 3 is 2.64 bits per heavy atom. The summed E-state index contributed by atoms with van der Waals surface area (Å²) in [6.07, 6.45) is 1.77. The summed E-state index contributed by atoms with van der Waals surface area (Å²) in [6.45, 7) is 1.76. The molecule has 0 aliphatic carbocycles. The monoisotopic (exact) mass is 148 g/mol. The van der Waals surface area contributed by atoms with Crippen LogP contribution in [-0.2, 0) is 4.74 Å². The molecule has 0 spiro atoms. The van der Waals surface area contributed by atoms with Gasteiger partial charge in [0.05, 0.1) is 0 Å². The largest absolute Gasteiger partial charge is 0.443 e. The van der Waals surface area contributed by atoms with Gasteiger partial charge in [-0.2, -0.15) is 4.58 Å². The molecule has 1 heterocycles. The van der Waals surface area contributed by atoms with Crippen molar-refractivity contribution in [3.05, 3.63) is 30.3 Å². The van der Waals surface area contributed by atoms with Crippen molar-refractivity contribution in [3.63, 3.8) is 0 Å². The second-order valence-corrected chi connectivity index (χ2v) is 2.51. The van der Waals surface area contributed by atoms with E-state index in [1.165, 1.54) is 5.69 Å². The molecule has 0 unspecified atom stereocenters. The zero-order valence-electron chi connectivity index (χ0n) is 6.23. The van der Waals surface area contributed by atoms with E-state index in [2.05, 4.69) is 16.7 Å². The van der Waals surface area contributed by atoms with Crippen molar-refractivity contribution in [3.8, 4) is 0 Å². The van der Waals surface area contributed by atoms with Crippen LogP contribution in [0, 0.1) is 0 Å². The third-order valence-electron chi connectivity index (χ3n) is 1.74. The SMILES string of the molecule is C1=[N+](c2ccccc2)CCO1. The maximum atomic E-state index is 5.11. The summed E-state index contributed by atoms with van der Waals surface area (Å²) in [4.78, 5) is 0. The van der Waals surface area contributed by atoms with Crippen molar-refractivity contribution in [1.29, 1.82) is 0 Å². The van der Waals surface area contributed by atoms with Gasteiger partial charge in [-0.1, -0.05) is 18.2 Å². The van der Waals surface area contributed by atoms with Gasteiger partial charge in [0, 0.05) is 12.1 Å². The van der Waals surface area contributed by atoms with E-state index in [9.17, 15) is 0 Å². The quantitative estimate of drug-likeness (QED) is 0.548. The Kier molecular flexibility index (Phi) is 1.60. The fraction of sp³-hybridized carbons (Fsp3) is 0.222. The molecule has 2 nitrogen and oxygen atoms in total. The highest BCUT2D eigenvalue weighted by Crippen LogP contribution is 2.10. The van der Waals surface area contributed by atoms with Crippen LogP contribution >= 0.6 is 0 Å². The van der Waals surface area contributed by atoms with E-state index < -0.39 is 0 Å². The molecule has 1 aliphatic heterocycles. The van der Waals surface area contributed by atoms with E-state index >= 15 is 0 Å². The molecule has 0 saturated heterocycles. The molecule has 0 fully saturated rings. The Morgan fingerprint density at radius 1 is 1.18 bits per heavy atom. The summed E-state index contributed by atoms with van der Waals surface area (Å²) in [5, 5.41) is 0. The zero-order valence-corrected chi connectivity index (χ0v) is 6.23. The number of hydrogen-bond donors (Lipinski definition) is 0. The number of hydrogen-bond acceptors (Lipinski definition) is 1. The van der Waals surface area contributed by atoms with Gasteiger partial charge in [-0.15, -0.1) is 0 Å². The summed E-state index contributed by atoms with van der Waals surface area (Å²) < 4.78 is 7.21. The first kappa shape index (κ1) is 6.40. The molecule has 0 N–H and O–H groups in total. The highest BCUT2D eigenvalue weighted by Gasteiger charge is 2.13. The lowest BCUT2D eigenvalue weighted by Gasteiger charge is -1.91. The average molecular weight is 148 g/mol. The van der Waals surface area contributed by atoms with Crippen molar-refractivity contribution >= 4 is 12.1 Å². The van der Waals surface area contributed by atoms with E-state index in [0.29, 0.717) is 0 Å². The predicted octanol–water partition coefficient (Wildman–Crippen LogP) is 1.39. The molecule has 56 valence electrons. The molecule has 2 rings (SSSR count). The number of ether oxygens (including phenoxy) is 1. The molecule has 0 amide bonds. The van der Waals surface area contributed by atoms with Crippen molar-refractivity contribution in [2.45, 2.75) is 0 Å². The number of benzene rings is 1. The lowest BCUT2D eigenvalue weighted by atomic mass is 10.3. The van der Waals surface area contributed by atoms with E-state index in [1.807, 2.05) is 18.2 Å². The lowest BCUT2D eigenvalue weighted by molar-refractivity contribution is -0.424. The van der Waals surface area contributed by atoms with Gasteiger partial charge in [0.2, 0.25) is 5.69 Å². The molecular formula is C9H10NO+. The van der Waals surface area contributed by atoms with Gasteiger partial charge in [-0.05, 0) is 0 Å². The van der Waals surface area contributed by atoms with Crippen LogP contribution in [0.4, 0.5) is 5.69 Å². The maximum absolute atomic E-state index is 5.11. The first-order valence-electron chi connectivity index (χ1n) is 3.73. The Morgan fingerprint density at radius 2 is 2.00 bits per heavy atom. The van der Waals surface area contributed by atoms with Crippen molar-refractivity contribution in [2.24, 2.45) is 0 Å². The minimum atomic E-state index is 0.800. The van der Waals surface area contributed by atoms with E-state index in [0.717, 1.165) is 13.2 Å². The van der Waals surface area contributed by atoms with Crippen molar-refractivity contribution < 1.29 is 9.31 Å². The van der Waals surface area contributed by atoms with Crippen LogP contribution in [0.3, 0.4) is 0 Å². The third kappa shape index (κ3) is 1.24. The number of para-hydroxylation sites is 1. The molecular weight excluding hydrogens is 138 g/mol. The maximum Gasteiger partial charge on any atom is 0.330 e. The molecule has 1 aromatic rings. The summed E-state index contributed by atoms with van der Waals surface area (Å²) in [5.74, 6) is 0. The summed E-state index contributed by atoms with van der Waals surface area (Å²) in [6, 6.07) is 10.2. The highest BCUT2D eigenvalue weighted by atomic mass is 16.5. The molecule has 0 saturated carbocycles. The van der Waals surface area contributed by atoms with Gasteiger partial charge < -0.3 is 4.74 Å². The van der Waals surface area contributed by atoms with Gasteiger partial charge in [-0.3, -0.25) is 0 Å². The predicted molar refractivity (Wildman–Crippen MR) is 43.2 cm³/mol.